The van der Waals surface area contributed by atoms with Crippen molar-refractivity contribution in [2.75, 3.05) is 6.54 Å². The van der Waals surface area contributed by atoms with E-state index in [1.54, 1.807) is 0 Å². The zero-order valence-corrected chi connectivity index (χ0v) is 15.9. The molecule has 1 heterocycles. The smallest absolute Gasteiger partial charge is 0.264 e. The molecule has 0 fully saturated rings. The topological polar surface area (TPSA) is 20.3 Å². The highest BCUT2D eigenvalue weighted by molar-refractivity contribution is 9.13. The van der Waals surface area contributed by atoms with E-state index in [-0.39, 0.29) is 5.91 Å². The molecule has 2 nitrogen and oxygen atoms in total. The first-order valence-corrected chi connectivity index (χ1v) is 9.06. The molecule has 0 aliphatic rings. The van der Waals surface area contributed by atoms with Crippen LogP contribution in [0.4, 0.5) is 0 Å². The number of thiophene rings is 1. The van der Waals surface area contributed by atoms with Gasteiger partial charge in [-0.3, -0.25) is 4.79 Å². The van der Waals surface area contributed by atoms with Crippen molar-refractivity contribution in [2.45, 2.75) is 46.6 Å². The van der Waals surface area contributed by atoms with E-state index in [9.17, 15) is 4.79 Å². The number of carbonyl (C=O) groups is 1. The van der Waals surface area contributed by atoms with Crippen LogP contribution in [0.3, 0.4) is 0 Å². The predicted molar refractivity (Wildman–Crippen MR) is 90.0 cm³/mol. The summed E-state index contributed by atoms with van der Waals surface area (Å²) in [4.78, 5) is 15.5. The molecule has 5 heteroatoms. The zero-order chi connectivity index (χ0) is 14.6. The minimum absolute atomic E-state index is 0.152. The number of carbonyl (C=O) groups excluding carboxylic acids is 1. The Morgan fingerprint density at radius 2 is 1.89 bits per heavy atom. The molecule has 1 amide bonds. The quantitative estimate of drug-likeness (QED) is 0.600. The van der Waals surface area contributed by atoms with Gasteiger partial charge in [-0.25, -0.2) is 0 Å². The van der Waals surface area contributed by atoms with E-state index >= 15 is 0 Å². The maximum Gasteiger partial charge on any atom is 0.264 e. The number of nitrogens with zero attached hydrogens (tertiary/aromatic N) is 1. The summed E-state index contributed by atoms with van der Waals surface area (Å²) in [6.45, 7) is 9.42. The van der Waals surface area contributed by atoms with Gasteiger partial charge in [0.05, 0.1) is 8.66 Å². The third kappa shape index (κ3) is 4.57. The standard InChI is InChI=1S/C14H21Br2NOS/c1-5-10(6-2)17(8-9(3)4)14(18)12-7-11(15)13(16)19-12/h7,9-10H,5-6,8H2,1-4H3. The zero-order valence-electron chi connectivity index (χ0n) is 11.9. The molecule has 0 aliphatic heterocycles. The highest BCUT2D eigenvalue weighted by Gasteiger charge is 2.25. The molecule has 1 aromatic rings. The summed E-state index contributed by atoms with van der Waals surface area (Å²) in [6.07, 6.45) is 2.01. The molecular weight excluding hydrogens is 390 g/mol. The minimum atomic E-state index is 0.152. The van der Waals surface area contributed by atoms with Crippen molar-refractivity contribution in [2.24, 2.45) is 5.92 Å². The Kier molecular flexibility index (Phi) is 7.05. The maximum atomic E-state index is 12.7. The van der Waals surface area contributed by atoms with Gasteiger partial charge in [-0.1, -0.05) is 27.7 Å². The average molecular weight is 411 g/mol. The summed E-state index contributed by atoms with van der Waals surface area (Å²) in [7, 11) is 0. The summed E-state index contributed by atoms with van der Waals surface area (Å²) >= 11 is 8.40. The van der Waals surface area contributed by atoms with E-state index in [1.165, 1.54) is 11.3 Å². The Morgan fingerprint density at radius 1 is 1.32 bits per heavy atom. The molecule has 0 atom stereocenters. The second-order valence-electron chi connectivity index (χ2n) is 5.05. The van der Waals surface area contributed by atoms with Crippen LogP contribution >= 0.6 is 43.2 Å². The fourth-order valence-electron chi connectivity index (χ4n) is 2.11. The normalized spacial score (nSPS) is 11.4. The van der Waals surface area contributed by atoms with Gasteiger partial charge >= 0.3 is 0 Å². The molecule has 0 bridgehead atoms. The van der Waals surface area contributed by atoms with E-state index in [0.717, 1.165) is 32.5 Å². The van der Waals surface area contributed by atoms with Crippen LogP contribution in [-0.2, 0) is 0 Å². The van der Waals surface area contributed by atoms with Crippen molar-refractivity contribution in [3.8, 4) is 0 Å². The minimum Gasteiger partial charge on any atom is -0.335 e. The summed E-state index contributed by atoms with van der Waals surface area (Å²) in [5, 5.41) is 0. The van der Waals surface area contributed by atoms with Gasteiger partial charge in [-0.05, 0) is 56.7 Å². The number of halogens is 2. The molecule has 108 valence electrons. The van der Waals surface area contributed by atoms with Crippen LogP contribution in [-0.4, -0.2) is 23.4 Å². The summed E-state index contributed by atoms with van der Waals surface area (Å²) in [5.41, 5.74) is 0. The molecule has 0 aromatic carbocycles. The summed E-state index contributed by atoms with van der Waals surface area (Å²) in [6, 6.07) is 2.24. The monoisotopic (exact) mass is 409 g/mol. The van der Waals surface area contributed by atoms with Crippen molar-refractivity contribution < 1.29 is 4.79 Å². The SMILES string of the molecule is CCC(CC)N(CC(C)C)C(=O)c1cc(Br)c(Br)s1. The lowest BCUT2D eigenvalue weighted by Gasteiger charge is -2.31. The van der Waals surface area contributed by atoms with E-state index in [4.69, 9.17) is 0 Å². The van der Waals surface area contributed by atoms with Crippen LogP contribution in [0.5, 0.6) is 0 Å². The number of hydrogen-bond acceptors (Lipinski definition) is 2. The molecule has 0 radical (unpaired) electrons. The van der Waals surface area contributed by atoms with Crippen LogP contribution < -0.4 is 0 Å². The molecule has 0 unspecified atom stereocenters. The third-order valence-corrected chi connectivity index (χ3v) is 6.31. The molecule has 0 saturated heterocycles. The maximum absolute atomic E-state index is 12.7. The van der Waals surface area contributed by atoms with Gasteiger partial charge < -0.3 is 4.90 Å². The van der Waals surface area contributed by atoms with Gasteiger partial charge in [0.25, 0.3) is 5.91 Å². The lowest BCUT2D eigenvalue weighted by Crippen LogP contribution is -2.41. The van der Waals surface area contributed by atoms with Crippen molar-refractivity contribution >= 4 is 49.1 Å². The fraction of sp³-hybridized carbons (Fsp3) is 0.643. The van der Waals surface area contributed by atoms with E-state index in [0.29, 0.717) is 12.0 Å². The van der Waals surface area contributed by atoms with Crippen LogP contribution in [0, 0.1) is 5.92 Å². The van der Waals surface area contributed by atoms with E-state index in [2.05, 4.69) is 59.6 Å². The Hall–Kier alpha value is 0.130. The predicted octanol–water partition coefficient (Wildman–Crippen LogP) is 5.56. The van der Waals surface area contributed by atoms with E-state index < -0.39 is 0 Å². The first-order valence-electron chi connectivity index (χ1n) is 6.66. The fourth-order valence-corrected chi connectivity index (χ4v) is 4.11. The number of amides is 1. The molecule has 1 aromatic heterocycles. The van der Waals surface area contributed by atoms with Gasteiger partial charge in [-0.2, -0.15) is 0 Å². The molecule has 0 N–H and O–H groups in total. The van der Waals surface area contributed by atoms with Gasteiger partial charge in [0, 0.05) is 17.1 Å². The Balaban J connectivity index is 2.99. The Bertz CT molecular complexity index is 408. The molecule has 0 spiro atoms. The van der Waals surface area contributed by atoms with E-state index in [1.807, 2.05) is 11.0 Å². The van der Waals surface area contributed by atoms with Crippen LogP contribution in [0.1, 0.15) is 50.2 Å². The van der Waals surface area contributed by atoms with Gasteiger partial charge in [0.1, 0.15) is 0 Å². The average Bonchev–Trinajstić information content (AvgIpc) is 2.68. The third-order valence-electron chi connectivity index (χ3n) is 3.06. The number of rotatable bonds is 6. The van der Waals surface area contributed by atoms with Crippen LogP contribution in [0.2, 0.25) is 0 Å². The molecule has 0 aliphatic carbocycles. The largest absolute Gasteiger partial charge is 0.335 e. The molecule has 19 heavy (non-hydrogen) atoms. The lowest BCUT2D eigenvalue weighted by molar-refractivity contribution is 0.0645. The second-order valence-corrected chi connectivity index (χ2v) is 8.28. The highest BCUT2D eigenvalue weighted by Crippen LogP contribution is 2.33. The van der Waals surface area contributed by atoms with Crippen molar-refractivity contribution in [1.82, 2.24) is 4.90 Å². The van der Waals surface area contributed by atoms with Gasteiger partial charge in [0.15, 0.2) is 0 Å². The van der Waals surface area contributed by atoms with Crippen molar-refractivity contribution in [1.29, 1.82) is 0 Å². The summed E-state index contributed by atoms with van der Waals surface area (Å²) < 4.78 is 1.93. The van der Waals surface area contributed by atoms with Crippen molar-refractivity contribution in [3.63, 3.8) is 0 Å². The van der Waals surface area contributed by atoms with Crippen LogP contribution in [0.15, 0.2) is 14.3 Å². The van der Waals surface area contributed by atoms with Gasteiger partial charge in [-0.15, -0.1) is 11.3 Å². The molecular formula is C14H21Br2NOS. The lowest BCUT2D eigenvalue weighted by atomic mass is 10.1. The highest BCUT2D eigenvalue weighted by atomic mass is 79.9. The second kappa shape index (κ2) is 7.79. The molecule has 1 rings (SSSR count). The Labute approximate surface area is 136 Å². The molecule has 0 saturated carbocycles. The Morgan fingerprint density at radius 3 is 2.26 bits per heavy atom. The summed E-state index contributed by atoms with van der Waals surface area (Å²) in [5.74, 6) is 0.634. The van der Waals surface area contributed by atoms with Gasteiger partial charge in [0.2, 0.25) is 0 Å². The number of hydrogen-bond donors (Lipinski definition) is 0. The van der Waals surface area contributed by atoms with Crippen LogP contribution in [0.25, 0.3) is 0 Å². The van der Waals surface area contributed by atoms with Crippen molar-refractivity contribution in [3.05, 3.63) is 19.2 Å². The first-order chi connectivity index (χ1) is 8.90. The first kappa shape index (κ1) is 17.2.